The van der Waals surface area contributed by atoms with E-state index in [1.807, 2.05) is 51.1 Å². The molecule has 6 heteroatoms. The van der Waals surface area contributed by atoms with E-state index in [0.717, 1.165) is 16.5 Å². The predicted molar refractivity (Wildman–Crippen MR) is 115 cm³/mol. The number of nitrogens with one attached hydrogen (secondary N) is 1. The van der Waals surface area contributed by atoms with Crippen molar-refractivity contribution in [3.05, 3.63) is 71.9 Å². The molecule has 1 aromatic heterocycles. The molecule has 3 aromatic rings. The molecule has 0 aliphatic rings. The molecule has 0 radical (unpaired) electrons. The Morgan fingerprint density at radius 2 is 1.80 bits per heavy atom. The van der Waals surface area contributed by atoms with Gasteiger partial charge < -0.3 is 14.8 Å². The Kier molecular flexibility index (Phi) is 7.01. The third-order valence-electron chi connectivity index (χ3n) is 4.72. The van der Waals surface area contributed by atoms with Gasteiger partial charge in [0.05, 0.1) is 17.7 Å². The number of hydrogen-bond donors (Lipinski definition) is 1. The number of benzene rings is 2. The third kappa shape index (κ3) is 4.95. The van der Waals surface area contributed by atoms with Crippen LogP contribution >= 0.6 is 0 Å². The molecule has 1 atom stereocenters. The molecule has 0 bridgehead atoms. The van der Waals surface area contributed by atoms with Crippen molar-refractivity contribution in [2.24, 2.45) is 5.92 Å². The zero-order valence-electron chi connectivity index (χ0n) is 17.4. The van der Waals surface area contributed by atoms with E-state index in [0.29, 0.717) is 17.9 Å². The summed E-state index contributed by atoms with van der Waals surface area (Å²) in [4.78, 5) is 30.0. The summed E-state index contributed by atoms with van der Waals surface area (Å²) in [5.74, 6) is -0.525. The van der Waals surface area contributed by atoms with E-state index in [1.165, 1.54) is 0 Å². The summed E-state index contributed by atoms with van der Waals surface area (Å²) in [5.41, 5.74) is 2.00. The average molecular weight is 406 g/mol. The van der Waals surface area contributed by atoms with Crippen molar-refractivity contribution >= 4 is 22.8 Å². The fraction of sp³-hybridized carbons (Fsp3) is 0.292. The maximum absolute atomic E-state index is 12.8. The first-order valence-electron chi connectivity index (χ1n) is 10.0. The summed E-state index contributed by atoms with van der Waals surface area (Å²) in [6.07, 6.45) is 1.71. The fourth-order valence-corrected chi connectivity index (χ4v) is 3.17. The van der Waals surface area contributed by atoms with Crippen LogP contribution in [0, 0.1) is 5.92 Å². The molecule has 0 fully saturated rings. The minimum Gasteiger partial charge on any atom is -0.493 e. The molecule has 0 spiro atoms. The molecule has 30 heavy (non-hydrogen) atoms. The highest BCUT2D eigenvalue weighted by Gasteiger charge is 2.27. The summed E-state index contributed by atoms with van der Waals surface area (Å²) in [7, 11) is 0. The lowest BCUT2D eigenvalue weighted by molar-refractivity contribution is -0.148. The number of nitrogens with zero attached hydrogens (tertiary/aromatic N) is 1. The number of rotatable bonds is 8. The maximum Gasteiger partial charge on any atom is 0.329 e. The lowest BCUT2D eigenvalue weighted by Crippen LogP contribution is -2.45. The van der Waals surface area contributed by atoms with Crippen molar-refractivity contribution in [2.75, 3.05) is 6.61 Å². The van der Waals surface area contributed by atoms with Gasteiger partial charge in [-0.3, -0.25) is 9.78 Å². The SMILES string of the molecule is CCOc1ccccc1C(=O)N[C@@H](C(=O)OCc1cccc2cccnc12)C(C)C. The Morgan fingerprint density at radius 3 is 2.57 bits per heavy atom. The minimum atomic E-state index is -0.782. The van der Waals surface area contributed by atoms with Gasteiger partial charge >= 0.3 is 5.97 Å². The number of fused-ring (bicyclic) bond motifs is 1. The number of esters is 1. The molecule has 0 aliphatic carbocycles. The highest BCUT2D eigenvalue weighted by Crippen LogP contribution is 2.20. The molecule has 0 unspecified atom stereocenters. The largest absolute Gasteiger partial charge is 0.493 e. The van der Waals surface area contributed by atoms with E-state index in [9.17, 15) is 9.59 Å². The van der Waals surface area contributed by atoms with Crippen molar-refractivity contribution in [3.63, 3.8) is 0 Å². The van der Waals surface area contributed by atoms with Crippen LogP contribution in [0.15, 0.2) is 60.8 Å². The second-order valence-electron chi connectivity index (χ2n) is 7.22. The Labute approximate surface area is 176 Å². The van der Waals surface area contributed by atoms with Crippen molar-refractivity contribution in [3.8, 4) is 5.75 Å². The first-order valence-corrected chi connectivity index (χ1v) is 10.0. The molecular weight excluding hydrogens is 380 g/mol. The molecule has 0 saturated heterocycles. The monoisotopic (exact) mass is 406 g/mol. The van der Waals surface area contributed by atoms with Crippen LogP contribution in [0.3, 0.4) is 0 Å². The van der Waals surface area contributed by atoms with Crippen molar-refractivity contribution in [1.82, 2.24) is 10.3 Å². The van der Waals surface area contributed by atoms with Gasteiger partial charge in [-0.15, -0.1) is 0 Å². The normalized spacial score (nSPS) is 11.9. The lowest BCUT2D eigenvalue weighted by Gasteiger charge is -2.21. The maximum atomic E-state index is 12.8. The molecule has 6 nitrogen and oxygen atoms in total. The number of ether oxygens (including phenoxy) is 2. The van der Waals surface area contributed by atoms with Gasteiger partial charge in [-0.25, -0.2) is 4.79 Å². The van der Waals surface area contributed by atoms with Crippen molar-refractivity contribution in [2.45, 2.75) is 33.4 Å². The van der Waals surface area contributed by atoms with E-state index in [1.54, 1.807) is 30.5 Å². The summed E-state index contributed by atoms with van der Waals surface area (Å²) in [6.45, 7) is 6.10. The van der Waals surface area contributed by atoms with Gasteiger partial charge in [0.2, 0.25) is 0 Å². The molecule has 3 rings (SSSR count). The second kappa shape index (κ2) is 9.87. The van der Waals surface area contributed by atoms with Crippen molar-refractivity contribution in [1.29, 1.82) is 0 Å². The molecular formula is C24H26N2O4. The number of pyridine rings is 1. The molecule has 156 valence electrons. The molecule has 1 N–H and O–H groups in total. The van der Waals surface area contributed by atoms with E-state index >= 15 is 0 Å². The summed E-state index contributed by atoms with van der Waals surface area (Å²) >= 11 is 0. The molecule has 0 aliphatic heterocycles. The van der Waals surface area contributed by atoms with Gasteiger partial charge in [-0.05, 0) is 31.0 Å². The summed E-state index contributed by atoms with van der Waals surface area (Å²) < 4.78 is 11.1. The number of amides is 1. The number of para-hydroxylation sites is 2. The fourth-order valence-electron chi connectivity index (χ4n) is 3.17. The van der Waals surface area contributed by atoms with Crippen molar-refractivity contribution < 1.29 is 19.1 Å². The van der Waals surface area contributed by atoms with Crippen LogP contribution in [0.1, 0.15) is 36.7 Å². The number of carbonyl (C=O) groups is 2. The van der Waals surface area contributed by atoms with E-state index in [-0.39, 0.29) is 18.4 Å². The van der Waals surface area contributed by atoms with Gasteiger partial charge in [0, 0.05) is 17.1 Å². The quantitative estimate of drug-likeness (QED) is 0.569. The average Bonchev–Trinajstić information content (AvgIpc) is 2.76. The molecule has 1 amide bonds. The summed E-state index contributed by atoms with van der Waals surface area (Å²) in [5, 5.41) is 3.77. The molecule has 0 saturated carbocycles. The van der Waals surface area contributed by atoms with Crippen LogP contribution in [0.25, 0.3) is 10.9 Å². The molecule has 1 heterocycles. The Balaban J connectivity index is 1.71. The van der Waals surface area contributed by atoms with Gasteiger partial charge in [0.1, 0.15) is 18.4 Å². The zero-order chi connectivity index (χ0) is 21.5. The summed E-state index contributed by atoms with van der Waals surface area (Å²) in [6, 6.07) is 15.7. The smallest absolute Gasteiger partial charge is 0.329 e. The van der Waals surface area contributed by atoms with Crippen LogP contribution in [-0.2, 0) is 16.1 Å². The predicted octanol–water partition coefficient (Wildman–Crippen LogP) is 4.13. The van der Waals surface area contributed by atoms with E-state index in [2.05, 4.69) is 10.3 Å². The molecule has 2 aromatic carbocycles. The standard InChI is InChI=1S/C24H26N2O4/c1-4-29-20-13-6-5-12-19(20)23(27)26-21(16(2)3)24(28)30-15-18-10-7-9-17-11-8-14-25-22(17)18/h5-14,16,21H,4,15H2,1-3H3,(H,26,27)/t21-/m1/s1. The first kappa shape index (κ1) is 21.3. The van der Waals surface area contributed by atoms with Gasteiger partial charge in [-0.1, -0.05) is 50.2 Å². The Hall–Kier alpha value is -3.41. The number of hydrogen-bond acceptors (Lipinski definition) is 5. The zero-order valence-corrected chi connectivity index (χ0v) is 17.4. The highest BCUT2D eigenvalue weighted by atomic mass is 16.5. The number of aromatic nitrogens is 1. The van der Waals surface area contributed by atoms with E-state index < -0.39 is 12.0 Å². The topological polar surface area (TPSA) is 77.5 Å². The van der Waals surface area contributed by atoms with E-state index in [4.69, 9.17) is 9.47 Å². The first-order chi connectivity index (χ1) is 14.5. The second-order valence-corrected chi connectivity index (χ2v) is 7.22. The third-order valence-corrected chi connectivity index (χ3v) is 4.72. The highest BCUT2D eigenvalue weighted by molar-refractivity contribution is 5.99. The van der Waals surface area contributed by atoms with Crippen LogP contribution in [0.2, 0.25) is 0 Å². The number of carbonyl (C=O) groups excluding carboxylic acids is 2. The van der Waals surface area contributed by atoms with Crippen LogP contribution < -0.4 is 10.1 Å². The van der Waals surface area contributed by atoms with Crippen LogP contribution in [0.5, 0.6) is 5.75 Å². The minimum absolute atomic E-state index is 0.0851. The van der Waals surface area contributed by atoms with Gasteiger partial charge in [0.25, 0.3) is 5.91 Å². The van der Waals surface area contributed by atoms with Gasteiger partial charge in [0.15, 0.2) is 0 Å². The lowest BCUT2D eigenvalue weighted by atomic mass is 10.0. The van der Waals surface area contributed by atoms with Gasteiger partial charge in [-0.2, -0.15) is 0 Å². The van der Waals surface area contributed by atoms with Crippen LogP contribution in [0.4, 0.5) is 0 Å². The van der Waals surface area contributed by atoms with Crippen LogP contribution in [-0.4, -0.2) is 29.5 Å². The Bertz CT molecular complexity index is 1030. The Morgan fingerprint density at radius 1 is 1.03 bits per heavy atom.